The van der Waals surface area contributed by atoms with Gasteiger partial charge in [0.05, 0.1) is 7.11 Å². The largest absolute Gasteiger partial charge is 1.00 e. The van der Waals surface area contributed by atoms with Gasteiger partial charge in [0, 0.05) is 13.5 Å². The van der Waals surface area contributed by atoms with E-state index in [1.54, 1.807) is 7.11 Å². The molecular formula is C15H18NNaO2. The Morgan fingerprint density at radius 2 is 2.11 bits per heavy atom. The number of carbonyl (C=O) groups excluding carboxylic acids is 1. The van der Waals surface area contributed by atoms with E-state index in [4.69, 9.17) is 4.74 Å². The van der Waals surface area contributed by atoms with E-state index in [0.717, 1.165) is 12.2 Å². The van der Waals surface area contributed by atoms with Gasteiger partial charge in [-0.3, -0.25) is 4.79 Å². The van der Waals surface area contributed by atoms with Crippen LogP contribution in [0.3, 0.4) is 0 Å². The average Bonchev–Trinajstić information content (AvgIpc) is 2.38. The van der Waals surface area contributed by atoms with Crippen LogP contribution in [0.4, 0.5) is 0 Å². The van der Waals surface area contributed by atoms with E-state index in [-0.39, 0.29) is 36.9 Å². The normalized spacial score (nSPS) is 9.79. The predicted octanol–water partition coefficient (Wildman–Crippen LogP) is -0.356. The molecule has 3 nitrogen and oxygen atoms in total. The van der Waals surface area contributed by atoms with E-state index in [9.17, 15) is 4.79 Å². The first-order valence-corrected chi connectivity index (χ1v) is 6.01. The van der Waals surface area contributed by atoms with Gasteiger partial charge in [-0.05, 0) is 34.9 Å². The zero-order valence-corrected chi connectivity index (χ0v) is 13.7. The molecule has 19 heavy (non-hydrogen) atoms. The quantitative estimate of drug-likeness (QED) is 0.769. The summed E-state index contributed by atoms with van der Waals surface area (Å²) >= 11 is 0. The number of hydrogen-bond donors (Lipinski definition) is 1. The van der Waals surface area contributed by atoms with Crippen LogP contribution < -0.4 is 39.6 Å². The minimum absolute atomic E-state index is 0. The van der Waals surface area contributed by atoms with Gasteiger partial charge >= 0.3 is 29.6 Å². The summed E-state index contributed by atoms with van der Waals surface area (Å²) in [7, 11) is 1.67. The van der Waals surface area contributed by atoms with E-state index in [1.165, 1.54) is 23.3 Å². The zero-order chi connectivity index (χ0) is 13.0. The van der Waals surface area contributed by atoms with Gasteiger partial charge in [0.25, 0.3) is 0 Å². The molecule has 0 unspecified atom stereocenters. The number of amides is 1. The maximum Gasteiger partial charge on any atom is 1.00 e. The number of rotatable bonds is 4. The van der Waals surface area contributed by atoms with Crippen molar-refractivity contribution in [2.75, 3.05) is 13.7 Å². The van der Waals surface area contributed by atoms with Crippen molar-refractivity contribution in [1.29, 1.82) is 0 Å². The zero-order valence-electron chi connectivity index (χ0n) is 12.7. The topological polar surface area (TPSA) is 38.3 Å². The van der Waals surface area contributed by atoms with Gasteiger partial charge in [-0.15, -0.1) is 0 Å². The van der Waals surface area contributed by atoms with Gasteiger partial charge in [0.2, 0.25) is 5.91 Å². The number of carbonyl (C=O) groups is 1. The van der Waals surface area contributed by atoms with Crippen molar-refractivity contribution in [3.63, 3.8) is 0 Å². The van der Waals surface area contributed by atoms with Crippen LogP contribution >= 0.6 is 0 Å². The van der Waals surface area contributed by atoms with Crippen LogP contribution in [0.25, 0.3) is 10.8 Å². The molecule has 1 amide bonds. The van der Waals surface area contributed by atoms with Gasteiger partial charge in [0.15, 0.2) is 0 Å². The summed E-state index contributed by atoms with van der Waals surface area (Å²) in [5.74, 6) is 0.863. The van der Waals surface area contributed by atoms with Crippen LogP contribution in [0.2, 0.25) is 0 Å². The summed E-state index contributed by atoms with van der Waals surface area (Å²) in [6, 6.07) is 12.3. The van der Waals surface area contributed by atoms with Crippen molar-refractivity contribution in [1.82, 2.24) is 5.32 Å². The fourth-order valence-corrected chi connectivity index (χ4v) is 2.03. The maximum atomic E-state index is 10.9. The third-order valence-electron chi connectivity index (χ3n) is 2.95. The first-order valence-electron chi connectivity index (χ1n) is 6.01. The summed E-state index contributed by atoms with van der Waals surface area (Å²) in [6.45, 7) is 2.19. The van der Waals surface area contributed by atoms with Gasteiger partial charge in [0.1, 0.15) is 5.75 Å². The third kappa shape index (κ3) is 4.23. The molecule has 0 aliphatic rings. The van der Waals surface area contributed by atoms with Crippen LogP contribution in [0.15, 0.2) is 36.4 Å². The van der Waals surface area contributed by atoms with Crippen LogP contribution in [-0.4, -0.2) is 19.6 Å². The van der Waals surface area contributed by atoms with Gasteiger partial charge < -0.3 is 11.5 Å². The van der Waals surface area contributed by atoms with Crippen molar-refractivity contribution in [3.05, 3.63) is 42.0 Å². The van der Waals surface area contributed by atoms with E-state index in [1.807, 2.05) is 18.2 Å². The van der Waals surface area contributed by atoms with Crippen LogP contribution in [0, 0.1) is 0 Å². The molecule has 0 atom stereocenters. The fraction of sp³-hybridized carbons (Fsp3) is 0.267. The molecule has 0 saturated heterocycles. The van der Waals surface area contributed by atoms with Crippen LogP contribution in [0.5, 0.6) is 5.75 Å². The summed E-state index contributed by atoms with van der Waals surface area (Å²) in [5, 5.41) is 5.19. The van der Waals surface area contributed by atoms with Crippen LogP contribution in [0.1, 0.15) is 13.9 Å². The fourth-order valence-electron chi connectivity index (χ4n) is 2.03. The molecule has 2 aromatic carbocycles. The summed E-state index contributed by atoms with van der Waals surface area (Å²) < 4.78 is 5.25. The molecule has 0 radical (unpaired) electrons. The molecule has 0 spiro atoms. The number of benzene rings is 2. The molecule has 0 aliphatic heterocycles. The Labute approximate surface area is 137 Å². The van der Waals surface area contributed by atoms with E-state index in [2.05, 4.69) is 23.5 Å². The molecule has 0 heterocycles. The Morgan fingerprint density at radius 3 is 2.79 bits per heavy atom. The Balaban J connectivity index is 0.00000180. The van der Waals surface area contributed by atoms with Crippen molar-refractivity contribution in [2.24, 2.45) is 0 Å². The Hall–Kier alpha value is -1.03. The Bertz CT molecular complexity index is 575. The summed E-state index contributed by atoms with van der Waals surface area (Å²) in [6.07, 6.45) is 0.823. The molecule has 0 saturated carbocycles. The molecule has 0 aliphatic carbocycles. The van der Waals surface area contributed by atoms with Crippen molar-refractivity contribution in [2.45, 2.75) is 13.3 Å². The minimum Gasteiger partial charge on any atom is -1.00 e. The van der Waals surface area contributed by atoms with E-state index in [0.29, 0.717) is 6.54 Å². The molecule has 96 valence electrons. The first-order chi connectivity index (χ1) is 8.70. The molecule has 0 fully saturated rings. The number of nitrogens with one attached hydrogen (secondary N) is 1. The van der Waals surface area contributed by atoms with Gasteiger partial charge in [-0.2, -0.15) is 0 Å². The number of ether oxygens (including phenoxy) is 1. The Kier molecular flexibility index (Phi) is 6.35. The smallest absolute Gasteiger partial charge is 1.00 e. The first kappa shape index (κ1) is 16.0. The third-order valence-corrected chi connectivity index (χ3v) is 2.95. The molecule has 0 bridgehead atoms. The maximum absolute atomic E-state index is 10.9. The number of fused-ring (bicyclic) bond motifs is 1. The SMILES string of the molecule is COc1ccc2cccc(CCNC(C)=O)c2c1.[H-].[Na+]. The standard InChI is InChI=1S/C15H17NO2.Na.H/c1-11(17)16-9-8-13-5-3-4-12-6-7-14(18-2)10-15(12)13;;/h3-7,10H,8-9H2,1-2H3,(H,16,17);;/q;+1;-1. The van der Waals surface area contributed by atoms with Crippen LogP contribution in [-0.2, 0) is 11.2 Å². The van der Waals surface area contributed by atoms with Crippen molar-refractivity contribution >= 4 is 16.7 Å². The van der Waals surface area contributed by atoms with E-state index >= 15 is 0 Å². The average molecular weight is 267 g/mol. The molecule has 2 aromatic rings. The molecule has 1 N–H and O–H groups in total. The van der Waals surface area contributed by atoms with Crippen molar-refractivity contribution < 1.29 is 40.5 Å². The van der Waals surface area contributed by atoms with E-state index < -0.39 is 0 Å². The minimum atomic E-state index is 0. The molecule has 4 heteroatoms. The van der Waals surface area contributed by atoms with Gasteiger partial charge in [-0.1, -0.05) is 24.3 Å². The predicted molar refractivity (Wildman–Crippen MR) is 74.0 cm³/mol. The second kappa shape index (κ2) is 7.53. The number of methoxy groups -OCH3 is 1. The second-order valence-electron chi connectivity index (χ2n) is 4.24. The molecular weight excluding hydrogens is 249 g/mol. The number of hydrogen-bond acceptors (Lipinski definition) is 2. The van der Waals surface area contributed by atoms with Crippen molar-refractivity contribution in [3.8, 4) is 5.75 Å². The Morgan fingerprint density at radius 1 is 1.32 bits per heavy atom. The monoisotopic (exact) mass is 267 g/mol. The molecule has 0 aromatic heterocycles. The molecule has 2 rings (SSSR count). The summed E-state index contributed by atoms with van der Waals surface area (Å²) in [4.78, 5) is 10.9. The summed E-state index contributed by atoms with van der Waals surface area (Å²) in [5.41, 5.74) is 1.22. The van der Waals surface area contributed by atoms with Gasteiger partial charge in [-0.25, -0.2) is 0 Å². The second-order valence-corrected chi connectivity index (χ2v) is 4.24.